The zero-order chi connectivity index (χ0) is 45.8. The van der Waals surface area contributed by atoms with E-state index in [1.807, 2.05) is 0 Å². The van der Waals surface area contributed by atoms with E-state index in [1.165, 1.54) is 38.5 Å². The van der Waals surface area contributed by atoms with Crippen LogP contribution in [0.2, 0.25) is 0 Å². The Balaban J connectivity index is 4.53. The van der Waals surface area contributed by atoms with E-state index in [-0.39, 0.29) is 37.5 Å². The van der Waals surface area contributed by atoms with Gasteiger partial charge in [-0.05, 0) is 122 Å². The van der Waals surface area contributed by atoms with Gasteiger partial charge in [-0.1, -0.05) is 182 Å². The van der Waals surface area contributed by atoms with Gasteiger partial charge >= 0.3 is 17.9 Å². The first-order chi connectivity index (χ1) is 31.0. The molecule has 0 aliphatic rings. The van der Waals surface area contributed by atoms with E-state index in [0.717, 1.165) is 128 Å². The first kappa shape index (κ1) is 59.1. The largest absolute Gasteiger partial charge is 0.462 e. The molecule has 0 N–H and O–H groups in total. The topological polar surface area (TPSA) is 78.9 Å². The lowest BCUT2D eigenvalue weighted by molar-refractivity contribution is -0.167. The SMILES string of the molecule is CC/C=C\C/C=C\C/C=C\C/C=C\CCCCCCC(=O)OC[C@H](COC(=O)CCCCCCC/C=C\CCCCCC)OC(=O)CCCC/C=C\C/C=C\C/C=C\C/C=C\CC. The first-order valence-corrected chi connectivity index (χ1v) is 25.4. The Labute approximate surface area is 387 Å². The van der Waals surface area contributed by atoms with E-state index < -0.39 is 6.10 Å². The quantitative estimate of drug-likeness (QED) is 0.0263. The summed E-state index contributed by atoms with van der Waals surface area (Å²) in [4.78, 5) is 38.0. The number of carbonyl (C=O) groups is 3. The number of esters is 3. The van der Waals surface area contributed by atoms with E-state index in [1.54, 1.807) is 0 Å². The third-order valence-corrected chi connectivity index (χ3v) is 10.2. The van der Waals surface area contributed by atoms with Crippen molar-refractivity contribution in [1.29, 1.82) is 0 Å². The van der Waals surface area contributed by atoms with Gasteiger partial charge in [0.1, 0.15) is 13.2 Å². The maximum absolute atomic E-state index is 12.8. The van der Waals surface area contributed by atoms with E-state index in [4.69, 9.17) is 14.2 Å². The van der Waals surface area contributed by atoms with Gasteiger partial charge < -0.3 is 14.2 Å². The fourth-order valence-electron chi connectivity index (χ4n) is 6.48. The van der Waals surface area contributed by atoms with Crippen LogP contribution in [0.1, 0.15) is 213 Å². The second kappa shape index (κ2) is 50.7. The maximum atomic E-state index is 12.8. The van der Waals surface area contributed by atoms with Gasteiger partial charge in [-0.3, -0.25) is 14.4 Å². The minimum atomic E-state index is -0.814. The van der Waals surface area contributed by atoms with Crippen LogP contribution in [0.3, 0.4) is 0 Å². The summed E-state index contributed by atoms with van der Waals surface area (Å²) < 4.78 is 16.7. The molecule has 0 heterocycles. The number of hydrogen-bond donors (Lipinski definition) is 0. The van der Waals surface area contributed by atoms with E-state index >= 15 is 0 Å². The van der Waals surface area contributed by atoms with Crippen molar-refractivity contribution >= 4 is 17.9 Å². The Kier molecular flexibility index (Phi) is 47.5. The maximum Gasteiger partial charge on any atom is 0.306 e. The van der Waals surface area contributed by atoms with Crippen LogP contribution in [0.5, 0.6) is 0 Å². The molecule has 63 heavy (non-hydrogen) atoms. The molecule has 6 heteroatoms. The number of allylic oxidation sites excluding steroid dienone is 18. The van der Waals surface area contributed by atoms with Crippen molar-refractivity contribution in [3.8, 4) is 0 Å². The number of hydrogen-bond acceptors (Lipinski definition) is 6. The molecule has 6 nitrogen and oxygen atoms in total. The Morgan fingerprint density at radius 1 is 0.333 bits per heavy atom. The summed E-state index contributed by atoms with van der Waals surface area (Å²) in [6.45, 7) is 6.31. The van der Waals surface area contributed by atoms with Gasteiger partial charge in [-0.25, -0.2) is 0 Å². The average molecular weight is 873 g/mol. The molecular weight excluding hydrogens is 781 g/mol. The summed E-state index contributed by atoms with van der Waals surface area (Å²) >= 11 is 0. The van der Waals surface area contributed by atoms with Gasteiger partial charge in [0.25, 0.3) is 0 Å². The van der Waals surface area contributed by atoms with Gasteiger partial charge in [0.15, 0.2) is 6.10 Å². The van der Waals surface area contributed by atoms with Crippen molar-refractivity contribution < 1.29 is 28.6 Å². The summed E-state index contributed by atoms with van der Waals surface area (Å²) in [7, 11) is 0. The van der Waals surface area contributed by atoms with Crippen molar-refractivity contribution in [2.24, 2.45) is 0 Å². The molecule has 0 saturated carbocycles. The molecular formula is C57H92O6. The van der Waals surface area contributed by atoms with Crippen molar-refractivity contribution in [2.45, 2.75) is 219 Å². The van der Waals surface area contributed by atoms with Gasteiger partial charge in [0, 0.05) is 19.3 Å². The molecule has 0 aliphatic heterocycles. The van der Waals surface area contributed by atoms with Crippen molar-refractivity contribution in [2.75, 3.05) is 13.2 Å². The highest BCUT2D eigenvalue weighted by molar-refractivity contribution is 5.71. The molecule has 0 radical (unpaired) electrons. The summed E-state index contributed by atoms with van der Waals surface area (Å²) in [5, 5.41) is 0. The lowest BCUT2D eigenvalue weighted by atomic mass is 10.1. The number of unbranched alkanes of at least 4 members (excludes halogenated alkanes) is 15. The molecule has 0 aliphatic carbocycles. The third kappa shape index (κ3) is 49.0. The van der Waals surface area contributed by atoms with Gasteiger partial charge in [-0.15, -0.1) is 0 Å². The van der Waals surface area contributed by atoms with Crippen molar-refractivity contribution in [3.05, 3.63) is 109 Å². The molecule has 0 aromatic carbocycles. The smallest absolute Gasteiger partial charge is 0.306 e. The molecule has 0 aromatic rings. The van der Waals surface area contributed by atoms with Crippen LogP contribution >= 0.6 is 0 Å². The molecule has 0 bridgehead atoms. The Morgan fingerprint density at radius 2 is 0.619 bits per heavy atom. The predicted octanol–water partition coefficient (Wildman–Crippen LogP) is 16.8. The summed E-state index contributed by atoms with van der Waals surface area (Å²) in [5.41, 5.74) is 0. The second-order valence-corrected chi connectivity index (χ2v) is 16.3. The minimum Gasteiger partial charge on any atom is -0.462 e. The van der Waals surface area contributed by atoms with Crippen molar-refractivity contribution in [1.82, 2.24) is 0 Å². The molecule has 1 atom stereocenters. The highest BCUT2D eigenvalue weighted by Crippen LogP contribution is 2.12. The Morgan fingerprint density at radius 3 is 1.02 bits per heavy atom. The molecule has 0 aromatic heterocycles. The van der Waals surface area contributed by atoms with Crippen molar-refractivity contribution in [3.63, 3.8) is 0 Å². The van der Waals surface area contributed by atoms with Gasteiger partial charge in [-0.2, -0.15) is 0 Å². The molecule has 0 fully saturated rings. The first-order valence-electron chi connectivity index (χ1n) is 25.4. The number of rotatable bonds is 44. The molecule has 0 rings (SSSR count). The zero-order valence-corrected chi connectivity index (χ0v) is 40.5. The highest BCUT2D eigenvalue weighted by Gasteiger charge is 2.19. The summed E-state index contributed by atoms with van der Waals surface area (Å²) in [6.07, 6.45) is 67.8. The van der Waals surface area contributed by atoms with Crippen LogP contribution in [-0.4, -0.2) is 37.2 Å². The molecule has 0 spiro atoms. The van der Waals surface area contributed by atoms with Crippen LogP contribution in [0.4, 0.5) is 0 Å². The van der Waals surface area contributed by atoms with Gasteiger partial charge in [0.05, 0.1) is 0 Å². The van der Waals surface area contributed by atoms with Crippen LogP contribution in [0, 0.1) is 0 Å². The number of carbonyl (C=O) groups excluding carboxylic acids is 3. The van der Waals surface area contributed by atoms with Crippen LogP contribution in [0.25, 0.3) is 0 Å². The molecule has 0 saturated heterocycles. The van der Waals surface area contributed by atoms with E-state index in [0.29, 0.717) is 19.3 Å². The number of ether oxygens (including phenoxy) is 3. The van der Waals surface area contributed by atoms with Crippen LogP contribution < -0.4 is 0 Å². The predicted molar refractivity (Wildman–Crippen MR) is 270 cm³/mol. The Bertz CT molecular complexity index is 1330. The summed E-state index contributed by atoms with van der Waals surface area (Å²) in [6, 6.07) is 0. The highest BCUT2D eigenvalue weighted by atomic mass is 16.6. The standard InChI is InChI=1S/C57H92O6/c1-4-7-10-13-16-19-22-25-27-28-30-32-35-38-41-44-47-50-56(59)62-53-54(52-61-55(58)49-46-43-40-37-34-31-24-21-18-15-12-9-6-3)63-57(60)51-48-45-42-39-36-33-29-26-23-20-17-14-11-8-5-2/h7-8,10-11,16-17,19-21,24-27,29-30,32,36,39,54H,4-6,9,12-15,18,22-23,28,31,33-35,37-38,40-53H2,1-3H3/b10-7-,11-8-,19-16-,20-17-,24-21-,27-25-,29-26-,32-30-,39-36-/t54-/m0/s1. The minimum absolute atomic E-state index is 0.109. The van der Waals surface area contributed by atoms with Gasteiger partial charge in [0.2, 0.25) is 0 Å². The molecule has 0 unspecified atom stereocenters. The lowest BCUT2D eigenvalue weighted by Gasteiger charge is -2.18. The molecule has 0 amide bonds. The van der Waals surface area contributed by atoms with Crippen LogP contribution in [0.15, 0.2) is 109 Å². The fourth-order valence-corrected chi connectivity index (χ4v) is 6.48. The second-order valence-electron chi connectivity index (χ2n) is 16.3. The van der Waals surface area contributed by atoms with E-state index in [9.17, 15) is 14.4 Å². The Hall–Kier alpha value is -3.93. The zero-order valence-electron chi connectivity index (χ0n) is 40.5. The normalized spacial score (nSPS) is 13.0. The lowest BCUT2D eigenvalue weighted by Crippen LogP contribution is -2.30. The monoisotopic (exact) mass is 873 g/mol. The summed E-state index contributed by atoms with van der Waals surface area (Å²) in [5.74, 6) is -0.991. The van der Waals surface area contributed by atoms with E-state index in [2.05, 4.69) is 130 Å². The molecule has 356 valence electrons. The fraction of sp³-hybridized carbons (Fsp3) is 0.632. The average Bonchev–Trinajstić information content (AvgIpc) is 3.28. The van der Waals surface area contributed by atoms with Crippen LogP contribution in [-0.2, 0) is 28.6 Å². The third-order valence-electron chi connectivity index (χ3n) is 10.2.